The predicted molar refractivity (Wildman–Crippen MR) is 116 cm³/mol. The Labute approximate surface area is 185 Å². The molecule has 2 aromatic heterocycles. The molecule has 0 aliphatic carbocycles. The molecule has 1 N–H and O–H groups in total. The molecule has 1 aliphatic heterocycles. The molecule has 3 heterocycles. The van der Waals surface area contributed by atoms with Crippen LogP contribution in [0.5, 0.6) is 0 Å². The van der Waals surface area contributed by atoms with E-state index >= 15 is 0 Å². The lowest BCUT2D eigenvalue weighted by atomic mass is 9.84. The van der Waals surface area contributed by atoms with Gasteiger partial charge in [0, 0.05) is 37.5 Å². The van der Waals surface area contributed by atoms with Gasteiger partial charge in [0.2, 0.25) is 0 Å². The Hall–Kier alpha value is -2.11. The topological polar surface area (TPSA) is 42.2 Å². The van der Waals surface area contributed by atoms with E-state index in [1.54, 1.807) is 35.0 Å². The van der Waals surface area contributed by atoms with Crippen LogP contribution in [0.3, 0.4) is 0 Å². The van der Waals surface area contributed by atoms with Crippen LogP contribution >= 0.6 is 35.6 Å². The molecule has 0 spiro atoms. The lowest BCUT2D eigenvalue weighted by Gasteiger charge is -2.27. The largest absolute Gasteiger partial charge is 0.312 e. The normalized spacial score (nSPS) is 24.7. The molecule has 1 unspecified atom stereocenters. The monoisotopic (exact) mass is 435 g/mol. The third-order valence-corrected chi connectivity index (χ3v) is 5.23. The zero-order chi connectivity index (χ0) is 22.9. The summed E-state index contributed by atoms with van der Waals surface area (Å²) >= 11 is 12.2. The fraction of sp³-hybridized carbons (Fsp3) is 0.143. The smallest absolute Gasteiger partial charge is 0.155 e. The second-order valence-electron chi connectivity index (χ2n) is 6.12. The summed E-state index contributed by atoms with van der Waals surface area (Å²) in [5, 5.41) is 7.01. The average molecular weight is 437 g/mol. The Morgan fingerprint density at radius 1 is 1.07 bits per heavy atom. The Balaban J connectivity index is 0.00000259. The van der Waals surface area contributed by atoms with E-state index in [9.17, 15) is 1.37 Å². The van der Waals surface area contributed by atoms with Gasteiger partial charge in [0.15, 0.2) is 5.65 Å². The van der Waals surface area contributed by atoms with Gasteiger partial charge in [-0.15, -0.1) is 12.4 Å². The van der Waals surface area contributed by atoms with Crippen molar-refractivity contribution in [3.63, 3.8) is 0 Å². The molecule has 0 bridgehead atoms. The van der Waals surface area contributed by atoms with E-state index in [1.807, 2.05) is 6.07 Å². The number of aromatic nitrogens is 3. The number of rotatable bonds is 2. The van der Waals surface area contributed by atoms with Crippen molar-refractivity contribution >= 4 is 41.3 Å². The van der Waals surface area contributed by atoms with Crippen LogP contribution in [-0.4, -0.2) is 21.1 Å². The molecule has 0 radical (unpaired) electrons. The number of hydrogen-bond donors (Lipinski definition) is 1. The highest BCUT2D eigenvalue weighted by molar-refractivity contribution is 6.42. The maximum atomic E-state index is 9.22. The number of pyridine rings is 1. The van der Waals surface area contributed by atoms with E-state index in [0.717, 1.165) is 5.56 Å². The van der Waals surface area contributed by atoms with Gasteiger partial charge in [0.25, 0.3) is 0 Å². The van der Waals surface area contributed by atoms with Crippen LogP contribution in [0.25, 0.3) is 16.8 Å². The third-order valence-electron chi connectivity index (χ3n) is 4.49. The summed E-state index contributed by atoms with van der Waals surface area (Å²) in [7, 11) is 0. The summed E-state index contributed by atoms with van der Waals surface area (Å²) in [5.74, 6) is -1.98. The summed E-state index contributed by atoms with van der Waals surface area (Å²) in [6.45, 7) is -4.66. The number of hydrogen-bond acceptors (Lipinski definition) is 3. The van der Waals surface area contributed by atoms with Crippen molar-refractivity contribution in [1.82, 2.24) is 19.9 Å². The predicted octanol–water partition coefficient (Wildman–Crippen LogP) is 5.36. The molecular weight excluding hydrogens is 415 g/mol. The molecule has 142 valence electrons. The number of nitrogens with one attached hydrogen (secondary N) is 1. The summed E-state index contributed by atoms with van der Waals surface area (Å²) < 4.78 is 44.9. The van der Waals surface area contributed by atoms with Gasteiger partial charge in [0.1, 0.15) is 6.33 Å². The third kappa shape index (κ3) is 3.38. The molecule has 0 fully saturated rings. The highest BCUT2D eigenvalue weighted by atomic mass is 35.5. The molecule has 28 heavy (non-hydrogen) atoms. The number of fused-ring (bicyclic) bond motifs is 2. The molecule has 0 saturated heterocycles. The standard InChI is InChI=1S/C21H16Cl2N4.ClH/c22-19-5-2-14(8-20(19)23)18-10-24-9-16-7-13(1-4-17(16)18)15-3-6-21-25-12-26-27(21)11-15;/h1-8,11-12,18,24H,9-10H2;1H/i9D2,10D2,18D;. The maximum absolute atomic E-state index is 9.22. The first-order valence-corrected chi connectivity index (χ1v) is 8.98. The molecule has 1 aliphatic rings. The minimum Gasteiger partial charge on any atom is -0.312 e. The highest BCUT2D eigenvalue weighted by Crippen LogP contribution is 2.35. The van der Waals surface area contributed by atoms with Gasteiger partial charge in [-0.25, -0.2) is 9.50 Å². The van der Waals surface area contributed by atoms with E-state index in [0.29, 0.717) is 11.2 Å². The summed E-state index contributed by atoms with van der Waals surface area (Å²) in [5.41, 5.74) is 2.80. The van der Waals surface area contributed by atoms with Crippen molar-refractivity contribution in [2.75, 3.05) is 6.50 Å². The van der Waals surface area contributed by atoms with Crippen molar-refractivity contribution < 1.29 is 6.85 Å². The number of halogens is 3. The molecule has 5 rings (SSSR count). The first-order chi connectivity index (χ1) is 15.0. The van der Waals surface area contributed by atoms with Gasteiger partial charge in [-0.3, -0.25) is 0 Å². The van der Waals surface area contributed by atoms with Gasteiger partial charge in [-0.1, -0.05) is 41.4 Å². The van der Waals surface area contributed by atoms with Gasteiger partial charge in [-0.2, -0.15) is 5.10 Å². The number of benzene rings is 2. The second kappa shape index (κ2) is 7.72. The van der Waals surface area contributed by atoms with Gasteiger partial charge < -0.3 is 5.32 Å². The maximum Gasteiger partial charge on any atom is 0.155 e. The zero-order valence-corrected chi connectivity index (χ0v) is 16.6. The van der Waals surface area contributed by atoms with Gasteiger partial charge in [0.05, 0.1) is 10.0 Å². The second-order valence-corrected chi connectivity index (χ2v) is 6.93. The molecule has 0 saturated carbocycles. The average Bonchev–Trinajstić information content (AvgIpc) is 3.21. The Morgan fingerprint density at radius 3 is 2.79 bits per heavy atom. The van der Waals surface area contributed by atoms with Crippen LogP contribution in [0.15, 0.2) is 61.1 Å². The Kier molecular flexibility index (Phi) is 3.85. The van der Waals surface area contributed by atoms with Gasteiger partial charge >= 0.3 is 0 Å². The molecule has 1 atom stereocenters. The van der Waals surface area contributed by atoms with E-state index in [1.165, 1.54) is 24.5 Å². The fourth-order valence-corrected chi connectivity index (χ4v) is 3.44. The fourth-order valence-electron chi connectivity index (χ4n) is 3.14. The van der Waals surface area contributed by atoms with Crippen LogP contribution in [0.2, 0.25) is 10.0 Å². The number of nitrogens with zero attached hydrogens (tertiary/aromatic N) is 3. The lowest BCUT2D eigenvalue weighted by molar-refractivity contribution is 0.591. The molecule has 7 heteroatoms. The summed E-state index contributed by atoms with van der Waals surface area (Å²) in [4.78, 5) is 4.12. The minimum atomic E-state index is -2.44. The van der Waals surface area contributed by atoms with Crippen LogP contribution in [-0.2, 0) is 6.50 Å². The van der Waals surface area contributed by atoms with Crippen molar-refractivity contribution in [2.24, 2.45) is 0 Å². The summed E-state index contributed by atoms with van der Waals surface area (Å²) in [6, 6.07) is 13.1. The van der Waals surface area contributed by atoms with E-state index in [2.05, 4.69) is 15.4 Å². The minimum absolute atomic E-state index is 0. The van der Waals surface area contributed by atoms with Crippen molar-refractivity contribution in [2.45, 2.75) is 12.4 Å². The molecule has 0 amide bonds. The van der Waals surface area contributed by atoms with Crippen molar-refractivity contribution in [1.29, 1.82) is 0 Å². The molecule has 4 aromatic rings. The molecule has 2 aromatic carbocycles. The van der Waals surface area contributed by atoms with Crippen molar-refractivity contribution in [3.05, 3.63) is 87.8 Å². The first kappa shape index (κ1) is 14.0. The Morgan fingerprint density at radius 2 is 1.93 bits per heavy atom. The van der Waals surface area contributed by atoms with Gasteiger partial charge in [-0.05, 0) is 52.6 Å². The van der Waals surface area contributed by atoms with E-state index in [-0.39, 0.29) is 39.1 Å². The Bertz CT molecular complexity index is 1380. The highest BCUT2D eigenvalue weighted by Gasteiger charge is 2.22. The van der Waals surface area contributed by atoms with Crippen LogP contribution in [0.4, 0.5) is 0 Å². The van der Waals surface area contributed by atoms with Crippen LogP contribution in [0.1, 0.15) is 29.4 Å². The molecular formula is C21H17Cl3N4. The zero-order valence-electron chi connectivity index (χ0n) is 19.3. The first-order valence-electron chi connectivity index (χ1n) is 10.7. The van der Waals surface area contributed by atoms with E-state index in [4.69, 9.17) is 28.7 Å². The van der Waals surface area contributed by atoms with E-state index < -0.39 is 18.9 Å². The SMILES string of the molecule is Cl.[2H]C1([2H])NC([2H])([2H])C([2H])(c2ccc(Cl)c(Cl)c2)c2ccc(-c3ccc4ncnn4c3)cc21. The summed E-state index contributed by atoms with van der Waals surface area (Å²) in [6.07, 6.45) is 3.23. The quantitative estimate of drug-likeness (QED) is 0.460. The van der Waals surface area contributed by atoms with Crippen LogP contribution < -0.4 is 5.32 Å². The molecule has 4 nitrogen and oxygen atoms in total. The van der Waals surface area contributed by atoms with Crippen LogP contribution in [0, 0.1) is 0 Å². The lowest BCUT2D eigenvalue weighted by Crippen LogP contribution is -2.28. The van der Waals surface area contributed by atoms with Crippen molar-refractivity contribution in [3.8, 4) is 11.1 Å².